The maximum atomic E-state index is 3.61. The summed E-state index contributed by atoms with van der Waals surface area (Å²) in [6.45, 7) is 7.97. The Bertz CT molecular complexity index is 548. The van der Waals surface area contributed by atoms with Crippen LogP contribution < -0.4 is 10.2 Å². The minimum atomic E-state index is 0.686. The summed E-state index contributed by atoms with van der Waals surface area (Å²) in [6, 6.07) is 9.78. The number of fused-ring (bicyclic) bond motifs is 1. The lowest BCUT2D eigenvalue weighted by atomic mass is 9.93. The van der Waals surface area contributed by atoms with E-state index in [9.17, 15) is 0 Å². The summed E-state index contributed by atoms with van der Waals surface area (Å²) in [4.78, 5) is 2.54. The summed E-state index contributed by atoms with van der Waals surface area (Å²) in [7, 11) is 0. The number of hydrogen-bond acceptors (Lipinski definition) is 3. The van der Waals surface area contributed by atoms with Crippen molar-refractivity contribution in [3.63, 3.8) is 0 Å². The van der Waals surface area contributed by atoms with Crippen molar-refractivity contribution in [3.8, 4) is 0 Å². The molecule has 2 unspecified atom stereocenters. The van der Waals surface area contributed by atoms with E-state index in [0.717, 1.165) is 19.6 Å². The second kappa shape index (κ2) is 5.51. The third-order valence-electron chi connectivity index (χ3n) is 4.17. The van der Waals surface area contributed by atoms with Crippen molar-refractivity contribution in [1.82, 2.24) is 5.32 Å². The molecule has 0 bridgehead atoms. The molecule has 19 heavy (non-hydrogen) atoms. The van der Waals surface area contributed by atoms with E-state index in [2.05, 4.69) is 53.7 Å². The van der Waals surface area contributed by atoms with E-state index in [1.807, 2.05) is 11.3 Å². The Kier molecular flexibility index (Phi) is 3.76. The Morgan fingerprint density at radius 1 is 1.37 bits per heavy atom. The van der Waals surface area contributed by atoms with Crippen molar-refractivity contribution >= 4 is 27.1 Å². The van der Waals surface area contributed by atoms with Gasteiger partial charge in [0.1, 0.15) is 0 Å². The minimum Gasteiger partial charge on any atom is -0.371 e. The Morgan fingerprint density at radius 3 is 3.05 bits per heavy atom. The highest BCUT2D eigenvalue weighted by molar-refractivity contribution is 7.17. The van der Waals surface area contributed by atoms with Gasteiger partial charge in [-0.25, -0.2) is 0 Å². The molecule has 1 fully saturated rings. The SMILES string of the molecule is CCNC1CCN(c2ccc3sccc3c2)CC1C. The van der Waals surface area contributed by atoms with Crippen LogP contribution in [0.4, 0.5) is 5.69 Å². The molecule has 3 heteroatoms. The fraction of sp³-hybridized carbons (Fsp3) is 0.500. The van der Waals surface area contributed by atoms with Crippen LogP contribution in [0.1, 0.15) is 20.3 Å². The van der Waals surface area contributed by atoms with Gasteiger partial charge in [-0.15, -0.1) is 11.3 Å². The van der Waals surface area contributed by atoms with Crippen LogP contribution >= 0.6 is 11.3 Å². The van der Waals surface area contributed by atoms with Gasteiger partial charge in [0.25, 0.3) is 0 Å². The molecule has 2 nitrogen and oxygen atoms in total. The quantitative estimate of drug-likeness (QED) is 0.917. The van der Waals surface area contributed by atoms with Crippen molar-refractivity contribution in [1.29, 1.82) is 0 Å². The zero-order valence-electron chi connectivity index (χ0n) is 11.7. The number of hydrogen-bond donors (Lipinski definition) is 1. The topological polar surface area (TPSA) is 15.3 Å². The average Bonchev–Trinajstić information content (AvgIpc) is 2.88. The molecule has 1 N–H and O–H groups in total. The van der Waals surface area contributed by atoms with Crippen LogP contribution in [0.15, 0.2) is 29.6 Å². The van der Waals surface area contributed by atoms with Crippen LogP contribution in [0.5, 0.6) is 0 Å². The number of thiophene rings is 1. The predicted molar refractivity (Wildman–Crippen MR) is 85.3 cm³/mol. The van der Waals surface area contributed by atoms with Gasteiger partial charge in [0, 0.05) is 29.5 Å². The van der Waals surface area contributed by atoms with Gasteiger partial charge in [-0.05, 0) is 53.9 Å². The second-order valence-electron chi connectivity index (χ2n) is 5.52. The van der Waals surface area contributed by atoms with Gasteiger partial charge >= 0.3 is 0 Å². The summed E-state index contributed by atoms with van der Waals surface area (Å²) >= 11 is 1.82. The summed E-state index contributed by atoms with van der Waals surface area (Å²) in [5.41, 5.74) is 1.38. The first-order valence-corrected chi connectivity index (χ1v) is 8.11. The van der Waals surface area contributed by atoms with Crippen LogP contribution in [-0.2, 0) is 0 Å². The van der Waals surface area contributed by atoms with E-state index in [0.29, 0.717) is 12.0 Å². The zero-order chi connectivity index (χ0) is 13.2. The molecular formula is C16H22N2S. The second-order valence-corrected chi connectivity index (χ2v) is 6.47. The van der Waals surface area contributed by atoms with Crippen LogP contribution in [0.2, 0.25) is 0 Å². The monoisotopic (exact) mass is 274 g/mol. The summed E-state index contributed by atoms with van der Waals surface area (Å²) in [5, 5.41) is 7.16. The summed E-state index contributed by atoms with van der Waals surface area (Å²) in [5.74, 6) is 0.715. The third-order valence-corrected chi connectivity index (χ3v) is 5.07. The largest absolute Gasteiger partial charge is 0.371 e. The molecule has 0 amide bonds. The molecule has 0 aliphatic carbocycles. The fourth-order valence-corrected chi connectivity index (χ4v) is 3.87. The van der Waals surface area contributed by atoms with Crippen molar-refractivity contribution < 1.29 is 0 Å². The molecule has 0 saturated carbocycles. The molecule has 0 spiro atoms. The Labute approximate surface area is 119 Å². The van der Waals surface area contributed by atoms with E-state index < -0.39 is 0 Å². The van der Waals surface area contributed by atoms with Crippen LogP contribution in [0, 0.1) is 5.92 Å². The number of anilines is 1. The number of rotatable bonds is 3. The Morgan fingerprint density at radius 2 is 2.26 bits per heavy atom. The molecule has 0 radical (unpaired) electrons. The van der Waals surface area contributed by atoms with E-state index in [-0.39, 0.29) is 0 Å². The lowest BCUT2D eigenvalue weighted by Crippen LogP contribution is -2.48. The first-order chi connectivity index (χ1) is 9.28. The van der Waals surface area contributed by atoms with Crippen molar-refractivity contribution in [3.05, 3.63) is 29.6 Å². The maximum Gasteiger partial charge on any atom is 0.0373 e. The van der Waals surface area contributed by atoms with Gasteiger partial charge < -0.3 is 10.2 Å². The highest BCUT2D eigenvalue weighted by atomic mass is 32.1. The molecule has 1 aromatic heterocycles. The average molecular weight is 274 g/mol. The predicted octanol–water partition coefficient (Wildman–Crippen LogP) is 3.73. The van der Waals surface area contributed by atoms with E-state index in [1.54, 1.807) is 0 Å². The highest BCUT2D eigenvalue weighted by Crippen LogP contribution is 2.29. The molecule has 1 saturated heterocycles. The lowest BCUT2D eigenvalue weighted by molar-refractivity contribution is 0.327. The number of benzene rings is 1. The molecule has 2 heterocycles. The number of nitrogens with one attached hydrogen (secondary N) is 1. The maximum absolute atomic E-state index is 3.61. The highest BCUT2D eigenvalue weighted by Gasteiger charge is 2.25. The molecule has 2 aromatic rings. The molecular weight excluding hydrogens is 252 g/mol. The molecule has 1 aliphatic rings. The van der Waals surface area contributed by atoms with Gasteiger partial charge in [-0.2, -0.15) is 0 Å². The van der Waals surface area contributed by atoms with Crippen molar-refractivity contribution in [2.75, 3.05) is 24.5 Å². The van der Waals surface area contributed by atoms with Crippen molar-refractivity contribution in [2.45, 2.75) is 26.3 Å². The van der Waals surface area contributed by atoms with Crippen molar-refractivity contribution in [2.24, 2.45) is 5.92 Å². The first kappa shape index (κ1) is 12.9. The van der Waals surface area contributed by atoms with Crippen LogP contribution in [0.3, 0.4) is 0 Å². The molecule has 102 valence electrons. The minimum absolute atomic E-state index is 0.686. The van der Waals surface area contributed by atoms with Gasteiger partial charge in [0.2, 0.25) is 0 Å². The van der Waals surface area contributed by atoms with Crippen LogP contribution in [0.25, 0.3) is 10.1 Å². The normalized spacial score (nSPS) is 24.0. The lowest BCUT2D eigenvalue weighted by Gasteiger charge is -2.38. The number of piperidine rings is 1. The summed E-state index contributed by atoms with van der Waals surface area (Å²) in [6.07, 6.45) is 1.25. The summed E-state index contributed by atoms with van der Waals surface area (Å²) < 4.78 is 1.39. The van der Waals surface area contributed by atoms with Gasteiger partial charge in [-0.1, -0.05) is 13.8 Å². The van der Waals surface area contributed by atoms with Gasteiger partial charge in [-0.3, -0.25) is 0 Å². The third kappa shape index (κ3) is 2.63. The van der Waals surface area contributed by atoms with E-state index >= 15 is 0 Å². The standard InChI is InChI=1S/C16H22N2S/c1-3-17-15-6-8-18(11-12(15)2)14-4-5-16-13(10-14)7-9-19-16/h4-5,7,9-10,12,15,17H,3,6,8,11H2,1-2H3. The molecule has 1 aliphatic heterocycles. The molecule has 3 rings (SSSR count). The van der Waals surface area contributed by atoms with Crippen LogP contribution in [-0.4, -0.2) is 25.7 Å². The first-order valence-electron chi connectivity index (χ1n) is 7.23. The zero-order valence-corrected chi connectivity index (χ0v) is 12.5. The Balaban J connectivity index is 1.76. The Hall–Kier alpha value is -1.06. The molecule has 2 atom stereocenters. The smallest absolute Gasteiger partial charge is 0.0373 e. The van der Waals surface area contributed by atoms with E-state index in [4.69, 9.17) is 0 Å². The number of nitrogens with zero attached hydrogens (tertiary/aromatic N) is 1. The van der Waals surface area contributed by atoms with E-state index in [1.165, 1.54) is 22.2 Å². The van der Waals surface area contributed by atoms with Gasteiger partial charge in [0.05, 0.1) is 0 Å². The fourth-order valence-electron chi connectivity index (χ4n) is 3.10. The van der Waals surface area contributed by atoms with Gasteiger partial charge in [0.15, 0.2) is 0 Å². The molecule has 1 aromatic carbocycles.